The molecule has 0 bridgehead atoms. The molecule has 0 N–H and O–H groups in total. The molecule has 0 spiro atoms. The maximum absolute atomic E-state index is 5.67. The second kappa shape index (κ2) is 7.66. The molecule has 2 rings (SSSR count). The predicted octanol–water partition coefficient (Wildman–Crippen LogP) is 4.92. The normalized spacial score (nSPS) is 11.1. The highest BCUT2D eigenvalue weighted by Gasteiger charge is 1.96. The van der Waals surface area contributed by atoms with Crippen LogP contribution < -0.4 is 0 Å². The third-order valence-corrected chi connectivity index (χ3v) is 3.37. The molecule has 1 heteroatoms. The summed E-state index contributed by atoms with van der Waals surface area (Å²) in [6, 6.07) is 16.7. The smallest absolute Gasteiger partial charge is 0.0717 e. The Morgan fingerprint density at radius 3 is 2.30 bits per heavy atom. The van der Waals surface area contributed by atoms with Crippen LogP contribution >= 0.6 is 0 Å². The minimum atomic E-state index is 0.693. The Labute approximate surface area is 121 Å². The summed E-state index contributed by atoms with van der Waals surface area (Å²) in [7, 11) is 0. The van der Waals surface area contributed by atoms with Crippen molar-refractivity contribution in [1.29, 1.82) is 0 Å². The van der Waals surface area contributed by atoms with Crippen LogP contribution in [0.15, 0.2) is 54.6 Å². The van der Waals surface area contributed by atoms with Gasteiger partial charge in [0.2, 0.25) is 0 Å². The number of ether oxygens (including phenoxy) is 1. The Balaban J connectivity index is 1.75. The van der Waals surface area contributed by atoms with Gasteiger partial charge in [-0.25, -0.2) is 0 Å². The monoisotopic (exact) mass is 266 g/mol. The topological polar surface area (TPSA) is 9.23 Å². The van der Waals surface area contributed by atoms with E-state index in [0.717, 1.165) is 13.0 Å². The van der Waals surface area contributed by atoms with Crippen LogP contribution in [0.25, 0.3) is 6.08 Å². The molecule has 0 aromatic heterocycles. The van der Waals surface area contributed by atoms with Crippen molar-refractivity contribution < 1.29 is 4.74 Å². The van der Waals surface area contributed by atoms with E-state index in [2.05, 4.69) is 56.3 Å². The van der Waals surface area contributed by atoms with Gasteiger partial charge in [-0.3, -0.25) is 0 Å². The first kappa shape index (κ1) is 14.5. The van der Waals surface area contributed by atoms with Crippen LogP contribution in [-0.2, 0) is 11.3 Å². The number of rotatable bonds is 6. The maximum atomic E-state index is 5.67. The first-order valence-electron chi connectivity index (χ1n) is 7.12. The number of aryl methyl sites for hydroxylation is 2. The summed E-state index contributed by atoms with van der Waals surface area (Å²) >= 11 is 0. The first-order chi connectivity index (χ1) is 9.77. The van der Waals surface area contributed by atoms with Crippen LogP contribution in [0.1, 0.15) is 28.7 Å². The van der Waals surface area contributed by atoms with E-state index in [1.54, 1.807) is 0 Å². The maximum Gasteiger partial charge on any atom is 0.0717 e. The quantitative estimate of drug-likeness (QED) is 0.674. The SMILES string of the molecule is Cc1cccc(C)c1/C=C/CCOCc1ccccc1. The molecule has 0 unspecified atom stereocenters. The molecule has 0 aliphatic heterocycles. The van der Waals surface area contributed by atoms with Gasteiger partial charge in [0.15, 0.2) is 0 Å². The fraction of sp³-hybridized carbons (Fsp3) is 0.263. The Morgan fingerprint density at radius 2 is 1.60 bits per heavy atom. The van der Waals surface area contributed by atoms with Gasteiger partial charge in [0.25, 0.3) is 0 Å². The molecule has 0 heterocycles. The minimum absolute atomic E-state index is 0.693. The van der Waals surface area contributed by atoms with Crippen molar-refractivity contribution in [3.63, 3.8) is 0 Å². The molecule has 0 radical (unpaired) electrons. The Bertz CT molecular complexity index is 535. The third-order valence-electron chi connectivity index (χ3n) is 3.37. The highest BCUT2D eigenvalue weighted by molar-refractivity contribution is 5.57. The van der Waals surface area contributed by atoms with E-state index in [1.165, 1.54) is 22.3 Å². The van der Waals surface area contributed by atoms with E-state index in [1.807, 2.05) is 18.2 Å². The van der Waals surface area contributed by atoms with Crippen molar-refractivity contribution in [1.82, 2.24) is 0 Å². The van der Waals surface area contributed by atoms with E-state index in [9.17, 15) is 0 Å². The largest absolute Gasteiger partial charge is 0.376 e. The fourth-order valence-electron chi connectivity index (χ4n) is 2.21. The highest BCUT2D eigenvalue weighted by Crippen LogP contribution is 2.15. The predicted molar refractivity (Wildman–Crippen MR) is 85.7 cm³/mol. The van der Waals surface area contributed by atoms with Crippen molar-refractivity contribution in [2.24, 2.45) is 0 Å². The van der Waals surface area contributed by atoms with Crippen molar-refractivity contribution in [3.8, 4) is 0 Å². The molecule has 0 fully saturated rings. The highest BCUT2D eigenvalue weighted by atomic mass is 16.5. The van der Waals surface area contributed by atoms with E-state index in [-0.39, 0.29) is 0 Å². The summed E-state index contributed by atoms with van der Waals surface area (Å²) in [5.74, 6) is 0. The summed E-state index contributed by atoms with van der Waals surface area (Å²) in [5, 5.41) is 0. The zero-order valence-corrected chi connectivity index (χ0v) is 12.3. The number of hydrogen-bond donors (Lipinski definition) is 0. The average Bonchev–Trinajstić information content (AvgIpc) is 2.46. The zero-order chi connectivity index (χ0) is 14.2. The first-order valence-corrected chi connectivity index (χ1v) is 7.12. The molecule has 0 aliphatic rings. The van der Waals surface area contributed by atoms with Crippen molar-refractivity contribution in [2.75, 3.05) is 6.61 Å². The van der Waals surface area contributed by atoms with E-state index in [4.69, 9.17) is 4.74 Å². The van der Waals surface area contributed by atoms with Crippen LogP contribution in [0.5, 0.6) is 0 Å². The molecular weight excluding hydrogens is 244 g/mol. The Morgan fingerprint density at radius 1 is 0.900 bits per heavy atom. The molecule has 0 amide bonds. The molecule has 2 aromatic rings. The van der Waals surface area contributed by atoms with Crippen LogP contribution in [0.4, 0.5) is 0 Å². The van der Waals surface area contributed by atoms with Gasteiger partial charge < -0.3 is 4.74 Å². The minimum Gasteiger partial charge on any atom is -0.376 e. The summed E-state index contributed by atoms with van der Waals surface area (Å²) in [4.78, 5) is 0. The van der Waals surface area contributed by atoms with Crippen molar-refractivity contribution in [3.05, 3.63) is 76.9 Å². The molecular formula is C19H22O. The molecule has 0 aliphatic carbocycles. The third kappa shape index (κ3) is 4.36. The Kier molecular flexibility index (Phi) is 5.57. The number of benzene rings is 2. The molecule has 104 valence electrons. The summed E-state index contributed by atoms with van der Waals surface area (Å²) in [6.07, 6.45) is 5.34. The van der Waals surface area contributed by atoms with Gasteiger partial charge >= 0.3 is 0 Å². The average molecular weight is 266 g/mol. The second-order valence-corrected chi connectivity index (χ2v) is 5.03. The summed E-state index contributed by atoms with van der Waals surface area (Å²) < 4.78 is 5.67. The molecule has 2 aromatic carbocycles. The molecule has 0 saturated heterocycles. The van der Waals surface area contributed by atoms with Gasteiger partial charge in [0.1, 0.15) is 0 Å². The zero-order valence-electron chi connectivity index (χ0n) is 12.3. The molecule has 0 saturated carbocycles. The van der Waals surface area contributed by atoms with E-state index in [0.29, 0.717) is 6.61 Å². The lowest BCUT2D eigenvalue weighted by molar-refractivity contribution is 0.125. The number of hydrogen-bond acceptors (Lipinski definition) is 1. The fourth-order valence-corrected chi connectivity index (χ4v) is 2.21. The van der Waals surface area contributed by atoms with Gasteiger partial charge in [0, 0.05) is 0 Å². The van der Waals surface area contributed by atoms with Crippen LogP contribution in [-0.4, -0.2) is 6.61 Å². The standard InChI is InChI=1S/C19H22O/c1-16-9-8-10-17(2)19(16)13-6-7-14-20-15-18-11-4-3-5-12-18/h3-6,8-13H,7,14-15H2,1-2H3/b13-6+. The lowest BCUT2D eigenvalue weighted by Crippen LogP contribution is -1.94. The summed E-state index contributed by atoms with van der Waals surface area (Å²) in [6.45, 7) is 5.76. The van der Waals surface area contributed by atoms with E-state index < -0.39 is 0 Å². The van der Waals surface area contributed by atoms with Gasteiger partial charge in [-0.2, -0.15) is 0 Å². The molecule has 20 heavy (non-hydrogen) atoms. The van der Waals surface area contributed by atoms with Crippen LogP contribution in [0.2, 0.25) is 0 Å². The van der Waals surface area contributed by atoms with Crippen molar-refractivity contribution >= 4 is 6.08 Å². The second-order valence-electron chi connectivity index (χ2n) is 5.03. The summed E-state index contributed by atoms with van der Waals surface area (Å²) in [5.41, 5.74) is 5.21. The van der Waals surface area contributed by atoms with Gasteiger partial charge in [-0.05, 0) is 42.5 Å². The molecule has 1 nitrogen and oxygen atoms in total. The lowest BCUT2D eigenvalue weighted by Gasteiger charge is -2.05. The van der Waals surface area contributed by atoms with E-state index >= 15 is 0 Å². The van der Waals surface area contributed by atoms with Gasteiger partial charge in [-0.1, -0.05) is 60.7 Å². The van der Waals surface area contributed by atoms with Crippen LogP contribution in [0, 0.1) is 13.8 Å². The van der Waals surface area contributed by atoms with Gasteiger partial charge in [-0.15, -0.1) is 0 Å². The Hall–Kier alpha value is -1.86. The molecule has 0 atom stereocenters. The van der Waals surface area contributed by atoms with Gasteiger partial charge in [0.05, 0.1) is 13.2 Å². The van der Waals surface area contributed by atoms with Crippen molar-refractivity contribution in [2.45, 2.75) is 26.9 Å². The van der Waals surface area contributed by atoms with Crippen LogP contribution in [0.3, 0.4) is 0 Å². The lowest BCUT2D eigenvalue weighted by atomic mass is 10.0.